The number of amides is 2. The van der Waals surface area contributed by atoms with Gasteiger partial charge in [-0.2, -0.15) is 0 Å². The normalized spacial score (nSPS) is 14.2. The Morgan fingerprint density at radius 1 is 1.00 bits per heavy atom. The summed E-state index contributed by atoms with van der Waals surface area (Å²) in [6.07, 6.45) is 3.26. The minimum atomic E-state index is -1.73. The molecule has 2 amide bonds. The van der Waals surface area contributed by atoms with Crippen LogP contribution in [0.3, 0.4) is 0 Å². The highest BCUT2D eigenvalue weighted by molar-refractivity contribution is 5.96. The Hall–Kier alpha value is -3.17. The summed E-state index contributed by atoms with van der Waals surface area (Å²) in [7, 11) is 0. The third-order valence-corrected chi connectivity index (χ3v) is 4.15. The lowest BCUT2D eigenvalue weighted by Crippen LogP contribution is -2.51. The fourth-order valence-electron chi connectivity index (χ4n) is 2.67. The molecule has 2 heterocycles. The van der Waals surface area contributed by atoms with Crippen molar-refractivity contribution in [1.82, 2.24) is 20.2 Å². The van der Waals surface area contributed by atoms with Crippen LogP contribution in [0.5, 0.6) is 0 Å². The van der Waals surface area contributed by atoms with Crippen molar-refractivity contribution in [2.45, 2.75) is 0 Å². The van der Waals surface area contributed by atoms with Gasteiger partial charge in [0.1, 0.15) is 0 Å². The molecule has 0 radical (unpaired) electrons. The fraction of sp³-hybridized carbons (Fsp3) is 0.294. The predicted molar refractivity (Wildman–Crippen MR) is 89.5 cm³/mol. The highest BCUT2D eigenvalue weighted by Gasteiger charge is 2.24. The molecule has 1 aliphatic rings. The Morgan fingerprint density at radius 3 is 2.33 bits per heavy atom. The number of benzene rings is 1. The zero-order valence-corrected chi connectivity index (χ0v) is 14.2. The van der Waals surface area contributed by atoms with Gasteiger partial charge < -0.3 is 15.1 Å². The highest BCUT2D eigenvalue weighted by Crippen LogP contribution is 2.15. The second-order valence-corrected chi connectivity index (χ2v) is 5.82. The predicted octanol–water partition coefficient (Wildman–Crippen LogP) is 0.972. The van der Waals surface area contributed by atoms with Crippen molar-refractivity contribution in [3.8, 4) is 0 Å². The lowest BCUT2D eigenvalue weighted by molar-refractivity contribution is -0.130. The van der Waals surface area contributed by atoms with Crippen molar-refractivity contribution in [3.05, 3.63) is 53.6 Å². The number of carbonyl (C=O) groups excluding carboxylic acids is 2. The van der Waals surface area contributed by atoms with E-state index in [1.165, 1.54) is 0 Å². The molecule has 7 nitrogen and oxygen atoms in total. The summed E-state index contributed by atoms with van der Waals surface area (Å²) in [5, 5.41) is 2.23. The molecule has 1 saturated heterocycles. The van der Waals surface area contributed by atoms with Gasteiger partial charge in [0, 0.05) is 38.6 Å². The molecule has 0 saturated carbocycles. The lowest BCUT2D eigenvalue weighted by atomic mass is 10.2. The van der Waals surface area contributed by atoms with Crippen LogP contribution in [0.4, 0.5) is 19.1 Å². The van der Waals surface area contributed by atoms with Gasteiger partial charge in [-0.3, -0.25) is 9.59 Å². The third kappa shape index (κ3) is 4.15. The zero-order valence-electron chi connectivity index (χ0n) is 14.2. The summed E-state index contributed by atoms with van der Waals surface area (Å²) in [5.41, 5.74) is -0.659. The number of carbonyl (C=O) groups is 2. The van der Waals surface area contributed by atoms with Crippen LogP contribution >= 0.6 is 0 Å². The van der Waals surface area contributed by atoms with Crippen LogP contribution in [0.15, 0.2) is 30.6 Å². The van der Waals surface area contributed by atoms with Crippen molar-refractivity contribution in [3.63, 3.8) is 0 Å². The minimum absolute atomic E-state index is 0.361. The minimum Gasteiger partial charge on any atom is -0.343 e. The van der Waals surface area contributed by atoms with Crippen molar-refractivity contribution < 1.29 is 22.8 Å². The standard InChI is InChI=1S/C17H16F3N5O2/c18-12-3-2-11(14(19)15(12)20)16(27)23-10-13(26)24-6-8-25(9-7-24)17-21-4-1-5-22-17/h1-5H,6-10H2,(H,23,27). The highest BCUT2D eigenvalue weighted by atomic mass is 19.2. The number of rotatable bonds is 4. The van der Waals surface area contributed by atoms with Gasteiger partial charge in [0.15, 0.2) is 17.5 Å². The van der Waals surface area contributed by atoms with E-state index >= 15 is 0 Å². The molecule has 0 unspecified atom stereocenters. The number of hydrogen-bond donors (Lipinski definition) is 1. The largest absolute Gasteiger partial charge is 0.343 e. The molecule has 1 fully saturated rings. The molecular formula is C17H16F3N5O2. The number of nitrogens with one attached hydrogen (secondary N) is 1. The van der Waals surface area contributed by atoms with Crippen LogP contribution < -0.4 is 10.2 Å². The van der Waals surface area contributed by atoms with E-state index in [2.05, 4.69) is 15.3 Å². The van der Waals surface area contributed by atoms with Crippen molar-refractivity contribution in [2.75, 3.05) is 37.6 Å². The maximum Gasteiger partial charge on any atom is 0.254 e. The molecule has 1 aliphatic heterocycles. The first kappa shape index (κ1) is 18.6. The summed E-state index contributed by atoms with van der Waals surface area (Å²) in [5.74, 6) is -5.48. The van der Waals surface area contributed by atoms with Gasteiger partial charge in [-0.05, 0) is 18.2 Å². The number of nitrogens with zero attached hydrogens (tertiary/aromatic N) is 4. The second kappa shape index (κ2) is 8.02. The number of anilines is 1. The van der Waals surface area contributed by atoms with Gasteiger partial charge in [-0.25, -0.2) is 23.1 Å². The molecule has 0 bridgehead atoms. The Labute approximate surface area is 152 Å². The molecule has 0 atom stereocenters. The summed E-state index contributed by atoms with van der Waals surface area (Å²) >= 11 is 0. The van der Waals surface area contributed by atoms with E-state index in [4.69, 9.17) is 0 Å². The third-order valence-electron chi connectivity index (χ3n) is 4.15. The molecule has 3 rings (SSSR count). The molecule has 0 aliphatic carbocycles. The van der Waals surface area contributed by atoms with E-state index in [0.717, 1.165) is 6.07 Å². The van der Waals surface area contributed by atoms with Gasteiger partial charge in [0.25, 0.3) is 5.91 Å². The van der Waals surface area contributed by atoms with Crippen LogP contribution in [0.1, 0.15) is 10.4 Å². The van der Waals surface area contributed by atoms with E-state index < -0.39 is 28.9 Å². The first-order valence-electron chi connectivity index (χ1n) is 8.19. The molecule has 1 N–H and O–H groups in total. The van der Waals surface area contributed by atoms with Gasteiger partial charge in [-0.15, -0.1) is 0 Å². The Morgan fingerprint density at radius 2 is 1.67 bits per heavy atom. The topological polar surface area (TPSA) is 78.4 Å². The summed E-state index contributed by atoms with van der Waals surface area (Å²) in [6.45, 7) is 1.50. The Kier molecular flexibility index (Phi) is 5.53. The molecule has 1 aromatic carbocycles. The van der Waals surface area contributed by atoms with E-state index in [1.54, 1.807) is 23.4 Å². The maximum absolute atomic E-state index is 13.6. The molecule has 0 spiro atoms. The smallest absolute Gasteiger partial charge is 0.254 e. The average molecular weight is 379 g/mol. The van der Waals surface area contributed by atoms with Crippen LogP contribution in [0.2, 0.25) is 0 Å². The molecular weight excluding hydrogens is 363 g/mol. The van der Waals surface area contributed by atoms with Crippen molar-refractivity contribution >= 4 is 17.8 Å². The Balaban J connectivity index is 1.52. The van der Waals surface area contributed by atoms with Crippen LogP contribution in [-0.4, -0.2) is 59.4 Å². The van der Waals surface area contributed by atoms with Crippen LogP contribution in [-0.2, 0) is 4.79 Å². The van der Waals surface area contributed by atoms with Gasteiger partial charge in [-0.1, -0.05) is 0 Å². The zero-order chi connectivity index (χ0) is 19.4. The van der Waals surface area contributed by atoms with Crippen LogP contribution in [0, 0.1) is 17.5 Å². The maximum atomic E-state index is 13.6. The number of aromatic nitrogens is 2. The lowest BCUT2D eigenvalue weighted by Gasteiger charge is -2.34. The average Bonchev–Trinajstić information content (AvgIpc) is 2.71. The van der Waals surface area contributed by atoms with Gasteiger partial charge in [0.05, 0.1) is 12.1 Å². The van der Waals surface area contributed by atoms with Gasteiger partial charge >= 0.3 is 0 Å². The van der Waals surface area contributed by atoms with Gasteiger partial charge in [0.2, 0.25) is 11.9 Å². The number of halogens is 3. The molecule has 142 valence electrons. The Bertz CT molecular complexity index is 842. The molecule has 27 heavy (non-hydrogen) atoms. The van der Waals surface area contributed by atoms with Crippen molar-refractivity contribution in [2.24, 2.45) is 0 Å². The number of hydrogen-bond acceptors (Lipinski definition) is 5. The first-order valence-corrected chi connectivity index (χ1v) is 8.19. The molecule has 1 aromatic heterocycles. The molecule has 2 aromatic rings. The SMILES string of the molecule is O=C(NCC(=O)N1CCN(c2ncccn2)CC1)c1ccc(F)c(F)c1F. The molecule has 10 heteroatoms. The number of piperazine rings is 1. The monoisotopic (exact) mass is 379 g/mol. The van der Waals surface area contributed by atoms with E-state index in [-0.39, 0.29) is 12.5 Å². The van der Waals surface area contributed by atoms with Crippen molar-refractivity contribution in [1.29, 1.82) is 0 Å². The second-order valence-electron chi connectivity index (χ2n) is 5.82. The van der Waals surface area contributed by atoms with Crippen LogP contribution in [0.25, 0.3) is 0 Å². The summed E-state index contributed by atoms with van der Waals surface area (Å²) < 4.78 is 39.7. The fourth-order valence-corrected chi connectivity index (χ4v) is 2.67. The quantitative estimate of drug-likeness (QED) is 0.801. The summed E-state index contributed by atoms with van der Waals surface area (Å²) in [4.78, 5) is 35.9. The van der Waals surface area contributed by atoms with E-state index in [0.29, 0.717) is 38.2 Å². The first-order chi connectivity index (χ1) is 13.0. The van der Waals surface area contributed by atoms with E-state index in [1.807, 2.05) is 4.90 Å². The summed E-state index contributed by atoms with van der Waals surface area (Å²) in [6, 6.07) is 3.19. The van der Waals surface area contributed by atoms with E-state index in [9.17, 15) is 22.8 Å².